The first kappa shape index (κ1) is 19.2. The Kier molecular flexibility index (Phi) is 5.67. The second kappa shape index (κ2) is 7.98. The van der Waals surface area contributed by atoms with Gasteiger partial charge in [0.2, 0.25) is 5.91 Å². The average Bonchev–Trinajstić information content (AvgIpc) is 2.92. The second-order valence-corrected chi connectivity index (χ2v) is 7.27. The third kappa shape index (κ3) is 4.23. The summed E-state index contributed by atoms with van der Waals surface area (Å²) in [6.45, 7) is 5.84. The van der Waals surface area contributed by atoms with Crippen LogP contribution in [0.4, 0.5) is 5.82 Å². The van der Waals surface area contributed by atoms with Crippen LogP contribution in [0, 0.1) is 6.92 Å². The van der Waals surface area contributed by atoms with Crippen molar-refractivity contribution in [2.45, 2.75) is 18.6 Å². The SMILES string of the molecule is C=CCn1c(SCC(=O)Nc2cc(C)nn2C)nc2cc(Cl)ccc2c1=O. The molecule has 2 heterocycles. The summed E-state index contributed by atoms with van der Waals surface area (Å²) in [6.07, 6.45) is 1.62. The summed E-state index contributed by atoms with van der Waals surface area (Å²) < 4.78 is 3.09. The van der Waals surface area contributed by atoms with E-state index in [4.69, 9.17) is 11.6 Å². The molecule has 0 spiro atoms. The van der Waals surface area contributed by atoms with Gasteiger partial charge in [-0.3, -0.25) is 18.8 Å². The molecule has 1 amide bonds. The zero-order valence-corrected chi connectivity index (χ0v) is 16.5. The summed E-state index contributed by atoms with van der Waals surface area (Å²) in [7, 11) is 1.76. The Labute approximate surface area is 165 Å². The first-order valence-corrected chi connectivity index (χ1v) is 9.49. The van der Waals surface area contributed by atoms with Crippen molar-refractivity contribution < 1.29 is 4.79 Å². The van der Waals surface area contributed by atoms with E-state index in [0.717, 1.165) is 5.69 Å². The van der Waals surface area contributed by atoms with Crippen molar-refractivity contribution in [3.63, 3.8) is 0 Å². The molecule has 0 atom stereocenters. The van der Waals surface area contributed by atoms with Crippen LogP contribution >= 0.6 is 23.4 Å². The van der Waals surface area contributed by atoms with Crippen molar-refractivity contribution in [3.05, 3.63) is 58.0 Å². The van der Waals surface area contributed by atoms with Gasteiger partial charge < -0.3 is 5.32 Å². The number of allylic oxidation sites excluding steroid dienone is 1. The number of carbonyl (C=O) groups is 1. The number of fused-ring (bicyclic) bond motifs is 1. The molecule has 0 aliphatic carbocycles. The molecular formula is C18H18ClN5O2S. The monoisotopic (exact) mass is 403 g/mol. The van der Waals surface area contributed by atoms with Crippen LogP contribution in [0.3, 0.4) is 0 Å². The molecule has 0 saturated carbocycles. The number of nitrogens with zero attached hydrogens (tertiary/aromatic N) is 4. The van der Waals surface area contributed by atoms with E-state index in [9.17, 15) is 9.59 Å². The molecule has 140 valence electrons. The van der Waals surface area contributed by atoms with Crippen molar-refractivity contribution in [3.8, 4) is 0 Å². The van der Waals surface area contributed by atoms with Gasteiger partial charge in [-0.25, -0.2) is 4.98 Å². The zero-order valence-electron chi connectivity index (χ0n) is 14.9. The maximum atomic E-state index is 12.7. The number of amides is 1. The highest BCUT2D eigenvalue weighted by Crippen LogP contribution is 2.21. The molecular weight excluding hydrogens is 386 g/mol. The fourth-order valence-corrected chi connectivity index (χ4v) is 3.59. The summed E-state index contributed by atoms with van der Waals surface area (Å²) in [4.78, 5) is 29.5. The average molecular weight is 404 g/mol. The Morgan fingerprint density at radius 1 is 1.41 bits per heavy atom. The van der Waals surface area contributed by atoms with E-state index < -0.39 is 0 Å². The molecule has 0 aliphatic rings. The van der Waals surface area contributed by atoms with E-state index >= 15 is 0 Å². The standard InChI is InChI=1S/C18H18ClN5O2S/c1-4-7-24-17(26)13-6-5-12(19)9-14(13)20-18(24)27-10-16(25)21-15-8-11(2)22-23(15)3/h4-6,8-9H,1,7,10H2,2-3H3,(H,21,25). The van der Waals surface area contributed by atoms with Gasteiger partial charge >= 0.3 is 0 Å². The zero-order chi connectivity index (χ0) is 19.6. The summed E-state index contributed by atoms with van der Waals surface area (Å²) in [5.74, 6) is 0.494. The Hall–Kier alpha value is -2.58. The van der Waals surface area contributed by atoms with Crippen LogP contribution in [0.25, 0.3) is 10.9 Å². The van der Waals surface area contributed by atoms with Gasteiger partial charge in [0.15, 0.2) is 5.16 Å². The molecule has 3 rings (SSSR count). The topological polar surface area (TPSA) is 81.8 Å². The molecule has 0 unspecified atom stereocenters. The molecule has 2 aromatic heterocycles. The number of anilines is 1. The minimum absolute atomic E-state index is 0.0971. The van der Waals surface area contributed by atoms with Crippen LogP contribution < -0.4 is 10.9 Å². The third-order valence-corrected chi connectivity index (χ3v) is 5.01. The Morgan fingerprint density at radius 2 is 2.19 bits per heavy atom. The van der Waals surface area contributed by atoms with E-state index in [0.29, 0.717) is 33.4 Å². The highest BCUT2D eigenvalue weighted by Gasteiger charge is 2.14. The minimum Gasteiger partial charge on any atom is -0.310 e. The molecule has 0 aliphatic heterocycles. The number of carbonyl (C=O) groups excluding carboxylic acids is 1. The van der Waals surface area contributed by atoms with Gasteiger partial charge in [0.1, 0.15) is 5.82 Å². The Morgan fingerprint density at radius 3 is 2.85 bits per heavy atom. The van der Waals surface area contributed by atoms with Crippen LogP contribution in [0.15, 0.2) is 46.9 Å². The Bertz CT molecular complexity index is 1090. The van der Waals surface area contributed by atoms with Gasteiger partial charge in [0, 0.05) is 24.7 Å². The number of thioether (sulfide) groups is 1. The van der Waals surface area contributed by atoms with E-state index in [1.807, 2.05) is 6.92 Å². The molecule has 0 fully saturated rings. The minimum atomic E-state index is -0.214. The van der Waals surface area contributed by atoms with Crippen molar-refractivity contribution in [1.29, 1.82) is 0 Å². The third-order valence-electron chi connectivity index (χ3n) is 3.80. The fourth-order valence-electron chi connectivity index (χ4n) is 2.61. The molecule has 3 aromatic rings. The van der Waals surface area contributed by atoms with Crippen LogP contribution in [0.1, 0.15) is 5.69 Å². The van der Waals surface area contributed by atoms with Crippen molar-refractivity contribution in [2.24, 2.45) is 7.05 Å². The Balaban J connectivity index is 1.85. The predicted molar refractivity (Wildman–Crippen MR) is 109 cm³/mol. The van der Waals surface area contributed by atoms with E-state index in [2.05, 4.69) is 22.0 Å². The van der Waals surface area contributed by atoms with Gasteiger partial charge in [0.05, 0.1) is 22.3 Å². The van der Waals surface area contributed by atoms with E-state index in [1.54, 1.807) is 42.1 Å². The maximum absolute atomic E-state index is 12.7. The van der Waals surface area contributed by atoms with Gasteiger partial charge in [-0.2, -0.15) is 5.10 Å². The largest absolute Gasteiger partial charge is 0.310 e. The number of benzene rings is 1. The molecule has 0 radical (unpaired) electrons. The lowest BCUT2D eigenvalue weighted by atomic mass is 10.2. The summed E-state index contributed by atoms with van der Waals surface area (Å²) >= 11 is 7.20. The lowest BCUT2D eigenvalue weighted by molar-refractivity contribution is -0.113. The predicted octanol–water partition coefficient (Wildman–Crippen LogP) is 3.01. The van der Waals surface area contributed by atoms with Gasteiger partial charge in [-0.1, -0.05) is 29.4 Å². The van der Waals surface area contributed by atoms with Crippen LogP contribution in [-0.2, 0) is 18.4 Å². The molecule has 1 N–H and O–H groups in total. The normalized spacial score (nSPS) is 10.9. The highest BCUT2D eigenvalue weighted by molar-refractivity contribution is 7.99. The van der Waals surface area contributed by atoms with Crippen molar-refractivity contribution in [1.82, 2.24) is 19.3 Å². The number of rotatable bonds is 6. The number of aromatic nitrogens is 4. The summed E-state index contributed by atoms with van der Waals surface area (Å²) in [6, 6.07) is 6.73. The smallest absolute Gasteiger partial charge is 0.262 e. The summed E-state index contributed by atoms with van der Waals surface area (Å²) in [5.41, 5.74) is 1.12. The van der Waals surface area contributed by atoms with Crippen LogP contribution in [0.5, 0.6) is 0 Å². The molecule has 0 bridgehead atoms. The molecule has 7 nitrogen and oxygen atoms in total. The van der Waals surface area contributed by atoms with E-state index in [1.165, 1.54) is 16.3 Å². The maximum Gasteiger partial charge on any atom is 0.262 e. The number of nitrogens with one attached hydrogen (secondary N) is 1. The number of hydrogen-bond acceptors (Lipinski definition) is 5. The molecule has 1 aromatic carbocycles. The van der Waals surface area contributed by atoms with Gasteiger partial charge in [-0.15, -0.1) is 6.58 Å². The number of aryl methyl sites for hydroxylation is 2. The number of halogens is 1. The van der Waals surface area contributed by atoms with E-state index in [-0.39, 0.29) is 17.2 Å². The summed E-state index contributed by atoms with van der Waals surface area (Å²) in [5, 5.41) is 8.39. The fraction of sp³-hybridized carbons (Fsp3) is 0.222. The molecule has 9 heteroatoms. The van der Waals surface area contributed by atoms with Gasteiger partial charge in [-0.05, 0) is 25.1 Å². The lowest BCUT2D eigenvalue weighted by Gasteiger charge is -2.11. The first-order chi connectivity index (χ1) is 12.9. The quantitative estimate of drug-likeness (QED) is 0.388. The van der Waals surface area contributed by atoms with Crippen LogP contribution in [-0.4, -0.2) is 31.0 Å². The molecule has 27 heavy (non-hydrogen) atoms. The van der Waals surface area contributed by atoms with Crippen molar-refractivity contribution in [2.75, 3.05) is 11.1 Å². The van der Waals surface area contributed by atoms with Crippen molar-refractivity contribution >= 4 is 46.0 Å². The lowest BCUT2D eigenvalue weighted by Crippen LogP contribution is -2.24. The number of hydrogen-bond donors (Lipinski definition) is 1. The molecule has 0 saturated heterocycles. The first-order valence-electron chi connectivity index (χ1n) is 8.13. The second-order valence-electron chi connectivity index (χ2n) is 5.89. The van der Waals surface area contributed by atoms with Gasteiger partial charge in [0.25, 0.3) is 5.56 Å². The van der Waals surface area contributed by atoms with Crippen LogP contribution in [0.2, 0.25) is 5.02 Å². The highest BCUT2D eigenvalue weighted by atomic mass is 35.5.